The lowest BCUT2D eigenvalue weighted by Crippen LogP contribution is -2.50. The second-order valence-corrected chi connectivity index (χ2v) is 6.09. The van der Waals surface area contributed by atoms with Crippen molar-refractivity contribution in [3.63, 3.8) is 0 Å². The molecule has 2 aliphatic rings. The van der Waals surface area contributed by atoms with E-state index in [2.05, 4.69) is 18.7 Å². The van der Waals surface area contributed by atoms with Crippen molar-refractivity contribution in [1.82, 2.24) is 4.90 Å². The molecule has 4 unspecified atom stereocenters. The smallest absolute Gasteiger partial charge is 0.323 e. The molecule has 2 rings (SSSR count). The zero-order chi connectivity index (χ0) is 12.6. The van der Waals surface area contributed by atoms with Crippen molar-refractivity contribution in [3.8, 4) is 0 Å². The number of carboxylic acid groups (broad SMARTS) is 1. The van der Waals surface area contributed by atoms with Gasteiger partial charge in [0, 0.05) is 18.6 Å². The number of hydrogen-bond acceptors (Lipinski definition) is 3. The summed E-state index contributed by atoms with van der Waals surface area (Å²) in [6.07, 6.45) is 4.67. The molecular weight excluding hydrogens is 216 g/mol. The summed E-state index contributed by atoms with van der Waals surface area (Å²) in [5.41, 5.74) is 4.97. The lowest BCUT2D eigenvalue weighted by atomic mass is 9.92. The van der Waals surface area contributed by atoms with Crippen LogP contribution in [-0.4, -0.2) is 40.1 Å². The number of carboxylic acids is 1. The normalized spacial score (nSPS) is 43.8. The van der Waals surface area contributed by atoms with Gasteiger partial charge in [0.1, 0.15) is 5.54 Å². The molecule has 0 spiro atoms. The minimum Gasteiger partial charge on any atom is -0.480 e. The average Bonchev–Trinajstić information content (AvgIpc) is 2.66. The summed E-state index contributed by atoms with van der Waals surface area (Å²) in [6.45, 7) is 5.63. The highest BCUT2D eigenvalue weighted by atomic mass is 16.4. The molecule has 1 saturated heterocycles. The standard InChI is InChI=1S/C13H24N2O2/c1-9-3-4-10(2)15(8-9)11-5-6-13(14,7-11)12(16)17/h9-11H,3-8,14H2,1-2H3,(H,16,17). The first kappa shape index (κ1) is 12.8. The Hall–Kier alpha value is -0.610. The van der Waals surface area contributed by atoms with Crippen LogP contribution >= 0.6 is 0 Å². The summed E-state index contributed by atoms with van der Waals surface area (Å²) in [5, 5.41) is 9.16. The number of carbonyl (C=O) groups is 1. The Kier molecular flexibility index (Phi) is 3.46. The number of rotatable bonds is 2. The fourth-order valence-electron chi connectivity index (χ4n) is 3.36. The summed E-state index contributed by atoms with van der Waals surface area (Å²) in [6, 6.07) is 0.946. The maximum absolute atomic E-state index is 11.2. The first-order chi connectivity index (χ1) is 7.92. The van der Waals surface area contributed by atoms with Crippen LogP contribution < -0.4 is 5.73 Å². The van der Waals surface area contributed by atoms with Gasteiger partial charge in [0.2, 0.25) is 0 Å². The Balaban J connectivity index is 2.02. The summed E-state index contributed by atoms with van der Waals surface area (Å²) in [4.78, 5) is 13.6. The van der Waals surface area contributed by atoms with Gasteiger partial charge >= 0.3 is 5.97 Å². The van der Waals surface area contributed by atoms with Gasteiger partial charge in [-0.25, -0.2) is 0 Å². The molecule has 4 heteroatoms. The first-order valence-electron chi connectivity index (χ1n) is 6.70. The molecule has 0 radical (unpaired) electrons. The third-order valence-electron chi connectivity index (χ3n) is 4.58. The van der Waals surface area contributed by atoms with Crippen LogP contribution in [0.15, 0.2) is 0 Å². The van der Waals surface area contributed by atoms with Crippen molar-refractivity contribution in [1.29, 1.82) is 0 Å². The van der Waals surface area contributed by atoms with E-state index in [0.29, 0.717) is 24.9 Å². The summed E-state index contributed by atoms with van der Waals surface area (Å²) >= 11 is 0. The van der Waals surface area contributed by atoms with Crippen molar-refractivity contribution < 1.29 is 9.90 Å². The number of nitrogens with zero attached hydrogens (tertiary/aromatic N) is 1. The molecule has 0 aromatic heterocycles. The van der Waals surface area contributed by atoms with Gasteiger partial charge < -0.3 is 10.8 Å². The number of aliphatic carboxylic acids is 1. The van der Waals surface area contributed by atoms with Crippen LogP contribution in [0.1, 0.15) is 46.0 Å². The number of likely N-dealkylation sites (tertiary alicyclic amines) is 1. The van der Waals surface area contributed by atoms with Gasteiger partial charge in [-0.2, -0.15) is 0 Å². The quantitative estimate of drug-likeness (QED) is 0.766. The molecule has 0 aromatic carbocycles. The van der Waals surface area contributed by atoms with Crippen molar-refractivity contribution in [3.05, 3.63) is 0 Å². The molecule has 4 nitrogen and oxygen atoms in total. The summed E-state index contributed by atoms with van der Waals surface area (Å²) in [7, 11) is 0. The lowest BCUT2D eigenvalue weighted by Gasteiger charge is -2.41. The summed E-state index contributed by atoms with van der Waals surface area (Å²) in [5.74, 6) is -0.110. The Morgan fingerprint density at radius 1 is 1.35 bits per heavy atom. The third-order valence-corrected chi connectivity index (χ3v) is 4.58. The van der Waals surface area contributed by atoms with Crippen LogP contribution in [0, 0.1) is 5.92 Å². The minimum absolute atomic E-state index is 0.369. The molecule has 1 aliphatic carbocycles. The van der Waals surface area contributed by atoms with Crippen molar-refractivity contribution >= 4 is 5.97 Å². The van der Waals surface area contributed by atoms with Crippen LogP contribution in [0.5, 0.6) is 0 Å². The van der Waals surface area contributed by atoms with E-state index < -0.39 is 11.5 Å². The SMILES string of the molecule is CC1CCC(C)N(C2CCC(N)(C(=O)O)C2)C1. The molecule has 4 atom stereocenters. The van der Waals surface area contributed by atoms with Crippen molar-refractivity contribution in [2.75, 3.05) is 6.54 Å². The van der Waals surface area contributed by atoms with Crippen molar-refractivity contribution in [2.45, 2.75) is 63.6 Å². The van der Waals surface area contributed by atoms with Crippen molar-refractivity contribution in [2.24, 2.45) is 11.7 Å². The first-order valence-corrected chi connectivity index (χ1v) is 6.70. The molecule has 0 aromatic rings. The van der Waals surface area contributed by atoms with Gasteiger partial charge in [-0.05, 0) is 44.9 Å². The minimum atomic E-state index is -0.981. The van der Waals surface area contributed by atoms with E-state index in [1.165, 1.54) is 12.8 Å². The van der Waals surface area contributed by atoms with Gasteiger partial charge in [0.25, 0.3) is 0 Å². The maximum atomic E-state index is 11.2. The van der Waals surface area contributed by atoms with Gasteiger partial charge in [0.05, 0.1) is 0 Å². The van der Waals surface area contributed by atoms with Gasteiger partial charge in [0.15, 0.2) is 0 Å². The molecule has 3 N–H and O–H groups in total. The highest BCUT2D eigenvalue weighted by molar-refractivity contribution is 5.79. The van der Waals surface area contributed by atoms with Gasteiger partial charge in [-0.3, -0.25) is 9.69 Å². The van der Waals surface area contributed by atoms with Crippen LogP contribution in [-0.2, 0) is 4.79 Å². The van der Waals surface area contributed by atoms with E-state index >= 15 is 0 Å². The highest BCUT2D eigenvalue weighted by Gasteiger charge is 2.45. The van der Waals surface area contributed by atoms with Crippen LogP contribution in [0.25, 0.3) is 0 Å². The Bertz CT molecular complexity index is 308. The van der Waals surface area contributed by atoms with E-state index in [-0.39, 0.29) is 0 Å². The number of hydrogen-bond donors (Lipinski definition) is 2. The fraction of sp³-hybridized carbons (Fsp3) is 0.923. The monoisotopic (exact) mass is 240 g/mol. The topological polar surface area (TPSA) is 66.6 Å². The van der Waals surface area contributed by atoms with Crippen LogP contribution in [0.2, 0.25) is 0 Å². The zero-order valence-corrected chi connectivity index (χ0v) is 10.9. The van der Waals surface area contributed by atoms with Crippen LogP contribution in [0.4, 0.5) is 0 Å². The Labute approximate surface area is 103 Å². The molecule has 17 heavy (non-hydrogen) atoms. The zero-order valence-electron chi connectivity index (χ0n) is 10.9. The number of piperidine rings is 1. The Morgan fingerprint density at radius 3 is 2.65 bits per heavy atom. The Morgan fingerprint density at radius 2 is 2.06 bits per heavy atom. The van der Waals surface area contributed by atoms with Gasteiger partial charge in [-0.15, -0.1) is 0 Å². The summed E-state index contributed by atoms with van der Waals surface area (Å²) < 4.78 is 0. The second kappa shape index (κ2) is 4.58. The predicted molar refractivity (Wildman–Crippen MR) is 66.8 cm³/mol. The molecule has 2 fully saturated rings. The molecule has 1 heterocycles. The molecule has 1 aliphatic heterocycles. The average molecular weight is 240 g/mol. The molecular formula is C13H24N2O2. The largest absolute Gasteiger partial charge is 0.480 e. The fourth-order valence-corrected chi connectivity index (χ4v) is 3.36. The third kappa shape index (κ3) is 2.47. The molecule has 1 saturated carbocycles. The van der Waals surface area contributed by atoms with Crippen LogP contribution in [0.3, 0.4) is 0 Å². The predicted octanol–water partition coefficient (Wildman–Crippen LogP) is 1.44. The highest BCUT2D eigenvalue weighted by Crippen LogP contribution is 2.35. The van der Waals surface area contributed by atoms with E-state index in [0.717, 1.165) is 18.9 Å². The van der Waals surface area contributed by atoms with E-state index in [1.54, 1.807) is 0 Å². The lowest BCUT2D eigenvalue weighted by molar-refractivity contribution is -0.143. The van der Waals surface area contributed by atoms with E-state index in [1.807, 2.05) is 0 Å². The van der Waals surface area contributed by atoms with Gasteiger partial charge in [-0.1, -0.05) is 6.92 Å². The molecule has 98 valence electrons. The number of nitrogens with two attached hydrogens (primary N) is 1. The van der Waals surface area contributed by atoms with E-state index in [9.17, 15) is 4.79 Å². The molecule has 0 bridgehead atoms. The van der Waals surface area contributed by atoms with E-state index in [4.69, 9.17) is 10.8 Å². The molecule has 0 amide bonds. The maximum Gasteiger partial charge on any atom is 0.323 e. The second-order valence-electron chi connectivity index (χ2n) is 6.09.